The van der Waals surface area contributed by atoms with Crippen molar-refractivity contribution in [3.8, 4) is 0 Å². The lowest BCUT2D eigenvalue weighted by Crippen LogP contribution is -2.04. The van der Waals surface area contributed by atoms with Gasteiger partial charge in [-0.1, -0.05) is 0 Å². The molecule has 0 radical (unpaired) electrons. The number of hydrogen-bond donors (Lipinski definition) is 3. The van der Waals surface area contributed by atoms with Crippen LogP contribution in [0, 0.1) is 13.8 Å². The van der Waals surface area contributed by atoms with E-state index < -0.39 is 0 Å². The normalized spacial score (nSPS) is 11.1. The van der Waals surface area contributed by atoms with E-state index in [1.54, 1.807) is 17.5 Å². The highest BCUT2D eigenvalue weighted by Crippen LogP contribution is 2.23. The third-order valence-electron chi connectivity index (χ3n) is 2.97. The molecule has 0 aliphatic heterocycles. The van der Waals surface area contributed by atoms with Crippen LogP contribution in [0.15, 0.2) is 12.3 Å². The molecule has 3 rings (SSSR count). The fourth-order valence-corrected chi connectivity index (χ4v) is 2.89. The van der Waals surface area contributed by atoms with Crippen molar-refractivity contribution >= 4 is 34.1 Å². The first-order valence-corrected chi connectivity index (χ1v) is 6.71. The van der Waals surface area contributed by atoms with Crippen LogP contribution in [0.3, 0.4) is 0 Å². The molecule has 0 amide bonds. The molecule has 4 N–H and O–H groups in total. The Morgan fingerprint density at radius 2 is 2.21 bits per heavy atom. The number of nitrogen functional groups attached to an aromatic ring is 1. The lowest BCUT2D eigenvalue weighted by Gasteiger charge is -2.05. The van der Waals surface area contributed by atoms with Crippen molar-refractivity contribution in [3.63, 3.8) is 0 Å². The van der Waals surface area contributed by atoms with Gasteiger partial charge in [0.05, 0.1) is 18.1 Å². The Hall–Kier alpha value is -2.15. The third-order valence-corrected chi connectivity index (χ3v) is 4.13. The maximum absolute atomic E-state index is 5.67. The summed E-state index contributed by atoms with van der Waals surface area (Å²) in [4.78, 5) is 10.9. The molecule has 0 aliphatic rings. The van der Waals surface area contributed by atoms with Gasteiger partial charge in [-0.15, -0.1) is 11.3 Å². The van der Waals surface area contributed by atoms with Gasteiger partial charge < -0.3 is 11.1 Å². The number of aryl methyl sites for hydroxylation is 2. The van der Waals surface area contributed by atoms with Crippen LogP contribution in [-0.4, -0.2) is 20.2 Å². The zero-order valence-corrected chi connectivity index (χ0v) is 11.5. The standard InChI is InChI=1S/C12H14N6S/c1-6-3-8(19-7(6)2)4-14-10-9-5-15-18-11(9)17-12(13)16-10/h3,5H,4H2,1-2H3,(H4,13,14,15,16,17,18). The molecular formula is C12H14N6S. The molecule has 0 unspecified atom stereocenters. The van der Waals surface area contributed by atoms with Gasteiger partial charge in [0.1, 0.15) is 5.82 Å². The summed E-state index contributed by atoms with van der Waals surface area (Å²) in [6, 6.07) is 2.18. The number of aromatic amines is 1. The van der Waals surface area contributed by atoms with Crippen LogP contribution < -0.4 is 11.1 Å². The summed E-state index contributed by atoms with van der Waals surface area (Å²) in [5.41, 5.74) is 7.64. The average Bonchev–Trinajstić information content (AvgIpc) is 2.94. The molecule has 0 aliphatic carbocycles. The van der Waals surface area contributed by atoms with E-state index in [1.807, 2.05) is 0 Å². The molecule has 19 heavy (non-hydrogen) atoms. The maximum Gasteiger partial charge on any atom is 0.224 e. The molecule has 0 aromatic carbocycles. The van der Waals surface area contributed by atoms with Crippen LogP contribution in [0.25, 0.3) is 11.0 Å². The molecule has 6 nitrogen and oxygen atoms in total. The van der Waals surface area contributed by atoms with Crippen LogP contribution in [0.5, 0.6) is 0 Å². The molecule has 0 spiro atoms. The minimum absolute atomic E-state index is 0.234. The van der Waals surface area contributed by atoms with Crippen molar-refractivity contribution in [2.45, 2.75) is 20.4 Å². The lowest BCUT2D eigenvalue weighted by atomic mass is 10.3. The number of nitrogens with one attached hydrogen (secondary N) is 2. The van der Waals surface area contributed by atoms with Crippen molar-refractivity contribution in [2.24, 2.45) is 0 Å². The van der Waals surface area contributed by atoms with Crippen LogP contribution in [0.2, 0.25) is 0 Å². The highest BCUT2D eigenvalue weighted by molar-refractivity contribution is 7.12. The number of nitrogens with zero attached hydrogens (tertiary/aromatic N) is 3. The number of hydrogen-bond acceptors (Lipinski definition) is 6. The number of thiophene rings is 1. The molecule has 3 heterocycles. The Morgan fingerprint density at radius 1 is 1.37 bits per heavy atom. The number of nitrogens with two attached hydrogens (primary N) is 1. The predicted molar refractivity (Wildman–Crippen MR) is 77.2 cm³/mol. The van der Waals surface area contributed by atoms with Gasteiger partial charge in [0, 0.05) is 9.75 Å². The van der Waals surface area contributed by atoms with Gasteiger partial charge in [0.25, 0.3) is 0 Å². The van der Waals surface area contributed by atoms with Crippen LogP contribution >= 0.6 is 11.3 Å². The molecule has 0 saturated heterocycles. The summed E-state index contributed by atoms with van der Waals surface area (Å²) in [6.07, 6.45) is 1.70. The van der Waals surface area contributed by atoms with Gasteiger partial charge in [-0.3, -0.25) is 5.10 Å². The van der Waals surface area contributed by atoms with Crippen molar-refractivity contribution in [3.05, 3.63) is 27.6 Å². The van der Waals surface area contributed by atoms with Crippen molar-refractivity contribution in [2.75, 3.05) is 11.1 Å². The number of aromatic nitrogens is 4. The molecule has 98 valence electrons. The second-order valence-electron chi connectivity index (χ2n) is 4.37. The maximum atomic E-state index is 5.67. The van der Waals surface area contributed by atoms with Gasteiger partial charge in [-0.25, -0.2) is 0 Å². The topological polar surface area (TPSA) is 92.5 Å². The Balaban J connectivity index is 1.87. The van der Waals surface area contributed by atoms with Crippen molar-refractivity contribution in [1.29, 1.82) is 0 Å². The summed E-state index contributed by atoms with van der Waals surface area (Å²) >= 11 is 1.78. The minimum atomic E-state index is 0.234. The predicted octanol–water partition coefficient (Wildman–Crippen LogP) is 2.23. The third kappa shape index (κ3) is 2.24. The van der Waals surface area contributed by atoms with Gasteiger partial charge >= 0.3 is 0 Å². The van der Waals surface area contributed by atoms with E-state index >= 15 is 0 Å². The highest BCUT2D eigenvalue weighted by Gasteiger charge is 2.08. The smallest absolute Gasteiger partial charge is 0.224 e. The summed E-state index contributed by atoms with van der Waals surface area (Å²) in [5, 5.41) is 10.9. The molecule has 7 heteroatoms. The lowest BCUT2D eigenvalue weighted by molar-refractivity contribution is 1.09. The van der Waals surface area contributed by atoms with Gasteiger partial charge in [0.2, 0.25) is 5.95 Å². The Kier molecular flexibility index (Phi) is 2.83. The number of anilines is 2. The summed E-state index contributed by atoms with van der Waals surface area (Å²) in [6.45, 7) is 4.96. The van der Waals surface area contributed by atoms with Crippen LogP contribution in [0.1, 0.15) is 15.3 Å². The van der Waals surface area contributed by atoms with E-state index in [9.17, 15) is 0 Å². The second-order valence-corrected chi connectivity index (χ2v) is 5.71. The van der Waals surface area contributed by atoms with Crippen molar-refractivity contribution in [1.82, 2.24) is 20.2 Å². The van der Waals surface area contributed by atoms with Gasteiger partial charge in [-0.2, -0.15) is 15.1 Å². The first-order chi connectivity index (χ1) is 9.13. The van der Waals surface area contributed by atoms with E-state index in [1.165, 1.54) is 15.3 Å². The summed E-state index contributed by atoms with van der Waals surface area (Å²) in [7, 11) is 0. The van der Waals surface area contributed by atoms with Crippen LogP contribution in [-0.2, 0) is 6.54 Å². The summed E-state index contributed by atoms with van der Waals surface area (Å²) < 4.78 is 0. The van der Waals surface area contributed by atoms with E-state index in [0.29, 0.717) is 11.5 Å². The Labute approximate surface area is 114 Å². The number of rotatable bonds is 3. The Morgan fingerprint density at radius 3 is 2.95 bits per heavy atom. The number of fused-ring (bicyclic) bond motifs is 1. The molecule has 0 saturated carbocycles. The number of H-pyrrole nitrogens is 1. The van der Waals surface area contributed by atoms with E-state index in [-0.39, 0.29) is 5.95 Å². The fraction of sp³-hybridized carbons (Fsp3) is 0.250. The monoisotopic (exact) mass is 274 g/mol. The fourth-order valence-electron chi connectivity index (χ4n) is 1.89. The average molecular weight is 274 g/mol. The SMILES string of the molecule is Cc1cc(CNc2nc(N)nc3[nH]ncc23)sc1C. The molecular weight excluding hydrogens is 260 g/mol. The molecule has 3 aromatic heterocycles. The largest absolute Gasteiger partial charge is 0.368 e. The zero-order chi connectivity index (χ0) is 13.4. The van der Waals surface area contributed by atoms with Gasteiger partial charge in [-0.05, 0) is 25.5 Å². The molecule has 0 fully saturated rings. The van der Waals surface area contributed by atoms with E-state index in [0.717, 1.165) is 11.9 Å². The minimum Gasteiger partial charge on any atom is -0.368 e. The zero-order valence-electron chi connectivity index (χ0n) is 10.7. The summed E-state index contributed by atoms with van der Waals surface area (Å²) in [5.74, 6) is 0.942. The quantitative estimate of drug-likeness (QED) is 0.681. The first-order valence-electron chi connectivity index (χ1n) is 5.90. The van der Waals surface area contributed by atoms with Gasteiger partial charge in [0.15, 0.2) is 5.65 Å². The van der Waals surface area contributed by atoms with Crippen molar-refractivity contribution < 1.29 is 0 Å². The molecule has 0 bridgehead atoms. The first kappa shape index (κ1) is 11.9. The second kappa shape index (κ2) is 4.51. The van der Waals surface area contributed by atoms with E-state index in [4.69, 9.17) is 5.73 Å². The van der Waals surface area contributed by atoms with Crippen LogP contribution in [0.4, 0.5) is 11.8 Å². The highest BCUT2D eigenvalue weighted by atomic mass is 32.1. The molecule has 3 aromatic rings. The Bertz CT molecular complexity index is 709. The van der Waals surface area contributed by atoms with E-state index in [2.05, 4.69) is 45.4 Å². The molecule has 0 atom stereocenters.